The highest BCUT2D eigenvalue weighted by Gasteiger charge is 2.20. The molecule has 1 aromatic rings. The van der Waals surface area contributed by atoms with Crippen molar-refractivity contribution in [1.82, 2.24) is 4.98 Å². The number of pyridine rings is 1. The molecule has 0 aliphatic heterocycles. The largest absolute Gasteiger partial charge is 0.466 e. The lowest BCUT2D eigenvalue weighted by Crippen LogP contribution is -2.10. The van der Waals surface area contributed by atoms with Crippen LogP contribution < -0.4 is 0 Å². The van der Waals surface area contributed by atoms with Crippen LogP contribution in [0, 0.1) is 0 Å². The third kappa shape index (κ3) is 3.71. The van der Waals surface area contributed by atoms with Gasteiger partial charge >= 0.3 is 5.97 Å². The molecule has 0 aliphatic rings. The Morgan fingerprint density at radius 1 is 1.56 bits per heavy atom. The summed E-state index contributed by atoms with van der Waals surface area (Å²) in [5.74, 6) is -0.412. The minimum Gasteiger partial charge on any atom is -0.466 e. The number of carbonyl (C=O) groups excluding carboxylic acids is 1. The molecular weight excluding hydrogens is 376 g/mol. The summed E-state index contributed by atoms with van der Waals surface area (Å²) in [6, 6.07) is 0. The number of hydrogen-bond acceptors (Lipinski definition) is 3. The van der Waals surface area contributed by atoms with Crippen molar-refractivity contribution >= 4 is 37.8 Å². The van der Waals surface area contributed by atoms with Gasteiger partial charge in [-0.25, -0.2) is 8.78 Å². The number of hydrogen-bond donors (Lipinski definition) is 0. The lowest BCUT2D eigenvalue weighted by atomic mass is 10.1. The number of halogens is 4. The predicted molar refractivity (Wildman–Crippen MR) is 69.9 cm³/mol. The zero-order chi connectivity index (χ0) is 13.7. The maximum atomic E-state index is 12.7. The SMILES string of the molecule is CCOC(=O)Cc1cnc(C(F)F)c(CBr)c1Br. The molecule has 3 nitrogen and oxygen atoms in total. The van der Waals surface area contributed by atoms with Crippen molar-refractivity contribution in [3.8, 4) is 0 Å². The Bertz CT molecular complexity index is 441. The fourth-order valence-corrected chi connectivity index (χ4v) is 2.92. The van der Waals surface area contributed by atoms with Crippen LogP contribution in [0.5, 0.6) is 0 Å². The van der Waals surface area contributed by atoms with Crippen LogP contribution >= 0.6 is 31.9 Å². The Kier molecular flexibility index (Phi) is 6.14. The van der Waals surface area contributed by atoms with Crippen molar-refractivity contribution in [2.75, 3.05) is 6.61 Å². The molecule has 0 aliphatic carbocycles. The third-order valence-electron chi connectivity index (χ3n) is 2.20. The molecule has 0 bridgehead atoms. The van der Waals surface area contributed by atoms with E-state index in [0.29, 0.717) is 15.6 Å². The van der Waals surface area contributed by atoms with E-state index in [9.17, 15) is 13.6 Å². The van der Waals surface area contributed by atoms with Gasteiger partial charge in [-0.15, -0.1) is 0 Å². The van der Waals surface area contributed by atoms with E-state index in [2.05, 4.69) is 36.8 Å². The molecule has 0 fully saturated rings. The molecule has 0 unspecified atom stereocenters. The van der Waals surface area contributed by atoms with Crippen LogP contribution in [0.4, 0.5) is 8.78 Å². The van der Waals surface area contributed by atoms with Crippen LogP contribution in [-0.4, -0.2) is 17.6 Å². The van der Waals surface area contributed by atoms with E-state index in [1.54, 1.807) is 6.92 Å². The van der Waals surface area contributed by atoms with E-state index in [0.717, 1.165) is 0 Å². The molecular formula is C11H11Br2F2NO2. The molecule has 0 radical (unpaired) electrons. The molecule has 0 saturated carbocycles. The van der Waals surface area contributed by atoms with Crippen LogP contribution in [0.1, 0.15) is 30.2 Å². The minimum atomic E-state index is -2.65. The molecule has 0 N–H and O–H groups in total. The van der Waals surface area contributed by atoms with Gasteiger partial charge in [-0.05, 0) is 12.5 Å². The Balaban J connectivity index is 3.05. The standard InChI is InChI=1S/C11H11Br2F2NO2/c1-2-18-8(17)3-6-5-16-10(11(14)15)7(4-12)9(6)13/h5,11H,2-4H2,1H3. The van der Waals surface area contributed by atoms with Gasteiger partial charge in [-0.1, -0.05) is 31.9 Å². The summed E-state index contributed by atoms with van der Waals surface area (Å²) in [7, 11) is 0. The molecule has 0 amide bonds. The van der Waals surface area contributed by atoms with E-state index in [-0.39, 0.29) is 24.1 Å². The fourth-order valence-electron chi connectivity index (χ4n) is 1.39. The first kappa shape index (κ1) is 15.5. The molecule has 0 atom stereocenters. The zero-order valence-corrected chi connectivity index (χ0v) is 12.7. The number of rotatable bonds is 5. The smallest absolute Gasteiger partial charge is 0.310 e. The first-order valence-electron chi connectivity index (χ1n) is 5.17. The van der Waals surface area contributed by atoms with Gasteiger partial charge in [0.2, 0.25) is 0 Å². The fraction of sp³-hybridized carbons (Fsp3) is 0.455. The average Bonchev–Trinajstić information content (AvgIpc) is 2.31. The van der Waals surface area contributed by atoms with Crippen molar-refractivity contribution in [1.29, 1.82) is 0 Å². The summed E-state index contributed by atoms with van der Waals surface area (Å²) in [4.78, 5) is 15.1. The maximum absolute atomic E-state index is 12.7. The second-order valence-corrected chi connectivity index (χ2v) is 4.73. The van der Waals surface area contributed by atoms with Crippen molar-refractivity contribution in [3.05, 3.63) is 27.5 Å². The van der Waals surface area contributed by atoms with E-state index >= 15 is 0 Å². The minimum absolute atomic E-state index is 0.00490. The Hall–Kier alpha value is -0.560. The molecule has 0 saturated heterocycles. The monoisotopic (exact) mass is 385 g/mol. The normalized spacial score (nSPS) is 10.8. The molecule has 1 heterocycles. The summed E-state index contributed by atoms with van der Waals surface area (Å²) in [5, 5.41) is 0.233. The predicted octanol–water partition coefficient (Wildman–Crippen LogP) is 3.78. The Morgan fingerprint density at radius 3 is 2.72 bits per heavy atom. The summed E-state index contributed by atoms with van der Waals surface area (Å²) in [5.41, 5.74) is 0.602. The number of aromatic nitrogens is 1. The van der Waals surface area contributed by atoms with Gasteiger partial charge in [-0.2, -0.15) is 0 Å². The summed E-state index contributed by atoms with van der Waals surface area (Å²) in [6.45, 7) is 1.99. The van der Waals surface area contributed by atoms with Gasteiger partial charge in [0.15, 0.2) is 0 Å². The maximum Gasteiger partial charge on any atom is 0.310 e. The van der Waals surface area contributed by atoms with Crippen molar-refractivity contribution in [2.45, 2.75) is 25.1 Å². The first-order valence-corrected chi connectivity index (χ1v) is 7.08. The highest BCUT2D eigenvalue weighted by molar-refractivity contribution is 9.10. The summed E-state index contributed by atoms with van der Waals surface area (Å²) >= 11 is 6.37. The van der Waals surface area contributed by atoms with Crippen molar-refractivity contribution < 1.29 is 18.3 Å². The number of nitrogens with zero attached hydrogens (tertiary/aromatic N) is 1. The lowest BCUT2D eigenvalue weighted by Gasteiger charge is -2.11. The van der Waals surface area contributed by atoms with E-state index in [1.807, 2.05) is 0 Å². The van der Waals surface area contributed by atoms with E-state index < -0.39 is 12.4 Å². The van der Waals surface area contributed by atoms with Gasteiger partial charge in [0.25, 0.3) is 6.43 Å². The third-order valence-corrected chi connectivity index (χ3v) is 3.74. The number of esters is 1. The van der Waals surface area contributed by atoms with Crippen LogP contribution in [0.15, 0.2) is 10.7 Å². The lowest BCUT2D eigenvalue weighted by molar-refractivity contribution is -0.142. The highest BCUT2D eigenvalue weighted by atomic mass is 79.9. The average molecular weight is 387 g/mol. The number of carbonyl (C=O) groups is 1. The van der Waals surface area contributed by atoms with Crippen LogP contribution in [0.25, 0.3) is 0 Å². The number of alkyl halides is 3. The quantitative estimate of drug-likeness (QED) is 0.571. The Labute approximate surface area is 120 Å². The van der Waals surface area contributed by atoms with Gasteiger partial charge < -0.3 is 4.74 Å². The topological polar surface area (TPSA) is 39.2 Å². The van der Waals surface area contributed by atoms with Crippen molar-refractivity contribution in [3.63, 3.8) is 0 Å². The highest BCUT2D eigenvalue weighted by Crippen LogP contribution is 2.31. The van der Waals surface area contributed by atoms with Crippen LogP contribution in [-0.2, 0) is 21.3 Å². The van der Waals surface area contributed by atoms with Gasteiger partial charge in [0.1, 0.15) is 5.69 Å². The molecule has 1 aromatic heterocycles. The van der Waals surface area contributed by atoms with Gasteiger partial charge in [0.05, 0.1) is 13.0 Å². The van der Waals surface area contributed by atoms with E-state index in [1.165, 1.54) is 6.20 Å². The molecule has 0 spiro atoms. The Morgan fingerprint density at radius 2 is 2.22 bits per heavy atom. The van der Waals surface area contributed by atoms with E-state index in [4.69, 9.17) is 4.74 Å². The molecule has 100 valence electrons. The van der Waals surface area contributed by atoms with Gasteiger partial charge in [0, 0.05) is 21.6 Å². The first-order chi connectivity index (χ1) is 8.51. The summed E-state index contributed by atoms with van der Waals surface area (Å²) in [6.07, 6.45) is -1.37. The van der Waals surface area contributed by atoms with Gasteiger partial charge in [-0.3, -0.25) is 9.78 Å². The van der Waals surface area contributed by atoms with Crippen LogP contribution in [0.2, 0.25) is 0 Å². The molecule has 7 heteroatoms. The molecule has 1 rings (SSSR count). The summed E-state index contributed by atoms with van der Waals surface area (Å²) < 4.78 is 30.7. The second kappa shape index (κ2) is 7.13. The van der Waals surface area contributed by atoms with Crippen molar-refractivity contribution in [2.24, 2.45) is 0 Å². The second-order valence-electron chi connectivity index (χ2n) is 3.38. The van der Waals surface area contributed by atoms with Crippen LogP contribution in [0.3, 0.4) is 0 Å². The molecule has 18 heavy (non-hydrogen) atoms. The molecule has 0 aromatic carbocycles. The number of ether oxygens (including phenoxy) is 1. The zero-order valence-electron chi connectivity index (χ0n) is 9.55.